The first-order valence-corrected chi connectivity index (χ1v) is 15.3. The van der Waals surface area contributed by atoms with Crippen molar-refractivity contribution < 1.29 is 22.4 Å². The zero-order chi connectivity index (χ0) is 27.3. The number of hydrogen-bond donors (Lipinski definition) is 2. The number of fused-ring (bicyclic) bond motifs is 1. The average molecular weight is 580 g/mol. The molecule has 1 aliphatic carbocycles. The zero-order valence-corrected chi connectivity index (χ0v) is 23.5. The molecule has 204 valence electrons. The van der Waals surface area contributed by atoms with Gasteiger partial charge in [-0.1, -0.05) is 55.5 Å². The molecule has 0 radical (unpaired) electrons. The van der Waals surface area contributed by atoms with Crippen LogP contribution < -0.4 is 10.6 Å². The minimum atomic E-state index is -4.05. The van der Waals surface area contributed by atoms with Gasteiger partial charge in [-0.3, -0.25) is 9.59 Å². The van der Waals surface area contributed by atoms with Gasteiger partial charge in [0.2, 0.25) is 15.9 Å². The van der Waals surface area contributed by atoms with Crippen molar-refractivity contribution in [3.05, 3.63) is 64.2 Å². The Morgan fingerprint density at radius 3 is 2.61 bits per heavy atom. The van der Waals surface area contributed by atoms with Gasteiger partial charge >= 0.3 is 0 Å². The Morgan fingerprint density at radius 1 is 1.16 bits per heavy atom. The molecule has 2 aromatic carbocycles. The van der Waals surface area contributed by atoms with Gasteiger partial charge in [0.05, 0.1) is 4.88 Å². The molecule has 0 bridgehead atoms. The second-order valence-corrected chi connectivity index (χ2v) is 13.1. The molecule has 0 saturated heterocycles. The highest BCUT2D eigenvalue weighted by Gasteiger charge is 2.28. The molecule has 0 spiro atoms. The van der Waals surface area contributed by atoms with Crippen molar-refractivity contribution in [2.75, 3.05) is 20.1 Å². The van der Waals surface area contributed by atoms with Gasteiger partial charge in [-0.05, 0) is 54.5 Å². The summed E-state index contributed by atoms with van der Waals surface area (Å²) in [5.41, 5.74) is 0. The van der Waals surface area contributed by atoms with Gasteiger partial charge in [0.1, 0.15) is 16.8 Å². The molecule has 0 unspecified atom stereocenters. The lowest BCUT2D eigenvalue weighted by atomic mass is 9.97. The van der Waals surface area contributed by atoms with Gasteiger partial charge in [-0.25, -0.2) is 17.1 Å². The van der Waals surface area contributed by atoms with E-state index < -0.39 is 26.8 Å². The van der Waals surface area contributed by atoms with E-state index in [1.807, 2.05) is 30.3 Å². The lowest BCUT2D eigenvalue weighted by molar-refractivity contribution is -0.123. The highest BCUT2D eigenvalue weighted by molar-refractivity contribution is 7.89. The van der Waals surface area contributed by atoms with Crippen molar-refractivity contribution in [1.29, 1.82) is 0 Å². The molecule has 2 amide bonds. The van der Waals surface area contributed by atoms with Gasteiger partial charge in [0.25, 0.3) is 5.91 Å². The summed E-state index contributed by atoms with van der Waals surface area (Å²) in [7, 11) is -2.69. The van der Waals surface area contributed by atoms with E-state index in [9.17, 15) is 22.4 Å². The van der Waals surface area contributed by atoms with E-state index in [2.05, 4.69) is 10.6 Å². The number of carbonyl (C=O) groups excluding carboxylic acids is 2. The van der Waals surface area contributed by atoms with Gasteiger partial charge in [0, 0.05) is 29.9 Å². The molecule has 7 nitrogen and oxygen atoms in total. The average Bonchev–Trinajstić information content (AvgIpc) is 3.55. The minimum Gasteiger partial charge on any atom is -0.354 e. The molecule has 38 heavy (non-hydrogen) atoms. The maximum absolute atomic E-state index is 14.2. The monoisotopic (exact) mass is 579 g/mol. The Hall–Kier alpha value is -2.53. The Bertz CT molecular complexity index is 1370. The van der Waals surface area contributed by atoms with Crippen LogP contribution in [0, 0.1) is 11.7 Å². The first-order chi connectivity index (χ1) is 18.1. The Labute approximate surface area is 231 Å². The molecule has 11 heteroatoms. The Morgan fingerprint density at radius 2 is 1.89 bits per heavy atom. The number of thiophene rings is 1. The highest BCUT2D eigenvalue weighted by atomic mass is 35.5. The summed E-state index contributed by atoms with van der Waals surface area (Å²) in [5, 5.41) is 6.86. The number of rotatable bonds is 11. The van der Waals surface area contributed by atoms with Gasteiger partial charge < -0.3 is 10.6 Å². The van der Waals surface area contributed by atoms with Crippen molar-refractivity contribution >= 4 is 54.9 Å². The fourth-order valence-electron chi connectivity index (χ4n) is 4.74. The van der Waals surface area contributed by atoms with Crippen LogP contribution in [0.25, 0.3) is 10.1 Å². The number of nitrogens with zero attached hydrogens (tertiary/aromatic N) is 1. The van der Waals surface area contributed by atoms with Gasteiger partial charge in [0.15, 0.2) is 0 Å². The standard InChI is InChI=1S/C27H31ClFN3O4S2/c1-32(38(35,36)25-12-11-20(28)17-21(25)29)14-6-13-30-26(33)22(15-18-7-2-3-8-18)31-27(34)24-16-19-9-4-5-10-23(19)37-24/h4-5,9-12,16-18,22H,2-3,6-8,13-15H2,1H3,(H,30,33)(H,31,34)/t22-/m0/s1. The zero-order valence-electron chi connectivity index (χ0n) is 21.1. The third-order valence-electron chi connectivity index (χ3n) is 6.85. The fourth-order valence-corrected chi connectivity index (χ4v) is 7.12. The van der Waals surface area contributed by atoms with Crippen molar-refractivity contribution in [1.82, 2.24) is 14.9 Å². The van der Waals surface area contributed by atoms with Crippen molar-refractivity contribution in [2.45, 2.75) is 49.5 Å². The molecule has 1 atom stereocenters. The summed E-state index contributed by atoms with van der Waals surface area (Å²) in [6.45, 7) is 0.286. The summed E-state index contributed by atoms with van der Waals surface area (Å²) in [5.74, 6) is -1.11. The van der Waals surface area contributed by atoms with E-state index in [1.54, 1.807) is 0 Å². The molecule has 1 aromatic heterocycles. The van der Waals surface area contributed by atoms with E-state index in [4.69, 9.17) is 11.6 Å². The number of amides is 2. The first-order valence-electron chi connectivity index (χ1n) is 12.6. The molecule has 0 aliphatic heterocycles. The molecule has 1 saturated carbocycles. The van der Waals surface area contributed by atoms with Crippen molar-refractivity contribution in [2.24, 2.45) is 5.92 Å². The molecule has 1 aliphatic rings. The molecule has 1 heterocycles. The summed E-state index contributed by atoms with van der Waals surface area (Å²) >= 11 is 7.12. The van der Waals surface area contributed by atoms with Gasteiger partial charge in [-0.15, -0.1) is 11.3 Å². The van der Waals surface area contributed by atoms with E-state index in [0.29, 0.717) is 23.6 Å². The summed E-state index contributed by atoms with van der Waals surface area (Å²) < 4.78 is 41.7. The molecule has 4 rings (SSSR count). The van der Waals surface area contributed by atoms with Crippen LogP contribution in [0.15, 0.2) is 53.4 Å². The molecule has 3 aromatic rings. The topological polar surface area (TPSA) is 95.6 Å². The van der Waals surface area contributed by atoms with E-state index in [-0.39, 0.29) is 29.9 Å². The lowest BCUT2D eigenvalue weighted by Crippen LogP contribution is -2.48. The van der Waals surface area contributed by atoms with E-state index in [1.165, 1.54) is 24.5 Å². The highest BCUT2D eigenvalue weighted by Crippen LogP contribution is 2.29. The van der Waals surface area contributed by atoms with Crippen LogP contribution in [-0.4, -0.2) is 50.7 Å². The van der Waals surface area contributed by atoms with Crippen LogP contribution >= 0.6 is 22.9 Å². The van der Waals surface area contributed by atoms with E-state index in [0.717, 1.165) is 52.2 Å². The van der Waals surface area contributed by atoms with Crippen LogP contribution in [0.2, 0.25) is 5.02 Å². The van der Waals surface area contributed by atoms with Crippen molar-refractivity contribution in [3.8, 4) is 0 Å². The Kier molecular flexibility index (Phi) is 9.40. The third kappa shape index (κ3) is 6.91. The summed E-state index contributed by atoms with van der Waals surface area (Å²) in [6, 6.07) is 12.3. The van der Waals surface area contributed by atoms with Crippen LogP contribution in [0.4, 0.5) is 4.39 Å². The summed E-state index contributed by atoms with van der Waals surface area (Å²) in [4.78, 5) is 26.2. The SMILES string of the molecule is CN(CCCNC(=O)[C@H](CC1CCCC1)NC(=O)c1cc2ccccc2s1)S(=O)(=O)c1ccc(Cl)cc1F. The number of benzene rings is 2. The largest absolute Gasteiger partial charge is 0.354 e. The number of sulfonamides is 1. The van der Waals surface area contributed by atoms with Crippen LogP contribution in [0.3, 0.4) is 0 Å². The quantitative estimate of drug-likeness (QED) is 0.305. The lowest BCUT2D eigenvalue weighted by Gasteiger charge is -2.22. The minimum absolute atomic E-state index is 0.0755. The first kappa shape index (κ1) is 28.5. The molecular weight excluding hydrogens is 549 g/mol. The predicted molar refractivity (Wildman–Crippen MR) is 149 cm³/mol. The van der Waals surface area contributed by atoms with Crippen molar-refractivity contribution in [3.63, 3.8) is 0 Å². The van der Waals surface area contributed by atoms with Gasteiger partial charge in [-0.2, -0.15) is 0 Å². The third-order valence-corrected chi connectivity index (χ3v) is 10.1. The second-order valence-electron chi connectivity index (χ2n) is 9.61. The number of carbonyl (C=O) groups is 2. The number of nitrogens with one attached hydrogen (secondary N) is 2. The number of halogens is 2. The van der Waals surface area contributed by atoms with E-state index >= 15 is 0 Å². The van der Waals surface area contributed by atoms with Crippen LogP contribution in [0.5, 0.6) is 0 Å². The fraction of sp³-hybridized carbons (Fsp3) is 0.407. The number of hydrogen-bond acceptors (Lipinski definition) is 5. The summed E-state index contributed by atoms with van der Waals surface area (Å²) in [6.07, 6.45) is 5.19. The van der Waals surface area contributed by atoms with Crippen LogP contribution in [0.1, 0.15) is 48.2 Å². The van der Waals surface area contributed by atoms with Crippen LogP contribution in [-0.2, 0) is 14.8 Å². The maximum Gasteiger partial charge on any atom is 0.262 e. The smallest absolute Gasteiger partial charge is 0.262 e. The maximum atomic E-state index is 14.2. The molecule has 2 N–H and O–H groups in total. The predicted octanol–water partition coefficient (Wildman–Crippen LogP) is 5.20. The second kappa shape index (κ2) is 12.5. The Balaban J connectivity index is 1.34. The normalized spacial score (nSPS) is 15.2. The molecular formula is C27H31ClFN3O4S2. The molecule has 1 fully saturated rings.